The van der Waals surface area contributed by atoms with Crippen molar-refractivity contribution >= 4 is 28.3 Å². The van der Waals surface area contributed by atoms with Crippen LogP contribution in [0.25, 0.3) is 11.0 Å². The van der Waals surface area contributed by atoms with E-state index in [4.69, 9.17) is 11.6 Å². The van der Waals surface area contributed by atoms with Gasteiger partial charge in [0.1, 0.15) is 0 Å². The molecule has 0 unspecified atom stereocenters. The molecule has 0 saturated heterocycles. The maximum Gasteiger partial charge on any atom is 0.272 e. The summed E-state index contributed by atoms with van der Waals surface area (Å²) < 4.78 is 0. The SMILES string of the molecule is O=[N+]([O-])c1c[n-]c2ncc(Cl)cc12. The molecule has 2 aromatic rings. The third-order valence-electron chi connectivity index (χ3n) is 1.62. The number of nitro groups is 1. The van der Waals surface area contributed by atoms with Crippen molar-refractivity contribution in [2.75, 3.05) is 0 Å². The van der Waals surface area contributed by atoms with Crippen molar-refractivity contribution in [2.45, 2.75) is 0 Å². The smallest absolute Gasteiger partial charge is 0.272 e. The predicted molar refractivity (Wildman–Crippen MR) is 46.7 cm³/mol. The second kappa shape index (κ2) is 2.70. The molecule has 0 aliphatic carbocycles. The summed E-state index contributed by atoms with van der Waals surface area (Å²) in [6.45, 7) is 0. The van der Waals surface area contributed by atoms with Crippen LogP contribution in [0.3, 0.4) is 0 Å². The van der Waals surface area contributed by atoms with Gasteiger partial charge in [0.15, 0.2) is 0 Å². The van der Waals surface area contributed by atoms with E-state index in [-0.39, 0.29) is 5.69 Å². The minimum Gasteiger partial charge on any atom is -0.441 e. The molecule has 2 aromatic heterocycles. The summed E-state index contributed by atoms with van der Waals surface area (Å²) in [5.74, 6) is 0. The zero-order chi connectivity index (χ0) is 9.42. The Morgan fingerprint density at radius 1 is 1.62 bits per heavy atom. The molecular weight excluding hydrogens is 194 g/mol. The topological polar surface area (TPSA) is 70.1 Å². The van der Waals surface area contributed by atoms with E-state index in [1.54, 1.807) is 0 Å². The molecule has 0 aromatic carbocycles. The average molecular weight is 197 g/mol. The number of hydrogen-bond donors (Lipinski definition) is 0. The lowest BCUT2D eigenvalue weighted by atomic mass is 10.3. The van der Waals surface area contributed by atoms with Gasteiger partial charge in [-0.25, -0.2) is 0 Å². The molecule has 0 aliphatic heterocycles. The summed E-state index contributed by atoms with van der Waals surface area (Å²) in [6, 6.07) is 1.48. The van der Waals surface area contributed by atoms with Crippen molar-refractivity contribution in [3.05, 3.63) is 33.6 Å². The van der Waals surface area contributed by atoms with Crippen molar-refractivity contribution in [3.63, 3.8) is 0 Å². The monoisotopic (exact) mass is 196 g/mol. The summed E-state index contributed by atoms with van der Waals surface area (Å²) in [5.41, 5.74) is 0.279. The van der Waals surface area contributed by atoms with Crippen LogP contribution in [0.1, 0.15) is 0 Å². The lowest BCUT2D eigenvalue weighted by molar-refractivity contribution is -0.383. The van der Waals surface area contributed by atoms with E-state index >= 15 is 0 Å². The van der Waals surface area contributed by atoms with Gasteiger partial charge in [-0.15, -0.1) is 0 Å². The number of nitrogens with zero attached hydrogens (tertiary/aromatic N) is 3. The standard InChI is InChI=1S/C7H3ClN3O2/c8-4-1-5-6(11(12)13)3-10-7(5)9-2-4/h1-3H/q-1. The highest BCUT2D eigenvalue weighted by atomic mass is 35.5. The van der Waals surface area contributed by atoms with Crippen molar-refractivity contribution < 1.29 is 4.92 Å². The molecule has 0 atom stereocenters. The van der Waals surface area contributed by atoms with Crippen molar-refractivity contribution in [1.82, 2.24) is 9.97 Å². The molecule has 2 rings (SSSR count). The van der Waals surface area contributed by atoms with Gasteiger partial charge in [-0.3, -0.25) is 10.1 Å². The Balaban J connectivity index is 2.79. The fourth-order valence-corrected chi connectivity index (χ4v) is 1.22. The van der Waals surface area contributed by atoms with Gasteiger partial charge < -0.3 is 9.97 Å². The highest BCUT2D eigenvalue weighted by Gasteiger charge is 2.09. The zero-order valence-corrected chi connectivity index (χ0v) is 7.02. The summed E-state index contributed by atoms with van der Waals surface area (Å²) in [6.07, 6.45) is 2.58. The molecule has 0 N–H and O–H groups in total. The van der Waals surface area contributed by atoms with Crippen LogP contribution in [0.15, 0.2) is 18.5 Å². The van der Waals surface area contributed by atoms with E-state index < -0.39 is 4.92 Å². The lowest BCUT2D eigenvalue weighted by Gasteiger charge is -1.97. The lowest BCUT2D eigenvalue weighted by Crippen LogP contribution is -1.85. The Bertz CT molecular complexity index is 480. The van der Waals surface area contributed by atoms with Crippen molar-refractivity contribution in [2.24, 2.45) is 0 Å². The van der Waals surface area contributed by atoms with Crippen LogP contribution < -0.4 is 4.98 Å². The van der Waals surface area contributed by atoms with Crippen LogP contribution in [0.2, 0.25) is 5.02 Å². The molecular formula is C7H3ClN3O2-. The van der Waals surface area contributed by atoms with Gasteiger partial charge >= 0.3 is 0 Å². The first-order valence-electron chi connectivity index (χ1n) is 3.40. The second-order valence-corrected chi connectivity index (χ2v) is 2.86. The molecule has 6 heteroatoms. The molecule has 0 fully saturated rings. The number of fused-ring (bicyclic) bond motifs is 1. The zero-order valence-electron chi connectivity index (χ0n) is 6.27. The Labute approximate surface area is 77.5 Å². The molecule has 0 spiro atoms. The minimum atomic E-state index is -0.507. The van der Waals surface area contributed by atoms with Crippen LogP contribution >= 0.6 is 11.6 Å². The van der Waals surface area contributed by atoms with Crippen LogP contribution in [-0.4, -0.2) is 9.91 Å². The fourth-order valence-electron chi connectivity index (χ4n) is 1.06. The quantitative estimate of drug-likeness (QED) is 0.515. The summed E-state index contributed by atoms with van der Waals surface area (Å²) in [7, 11) is 0. The van der Waals surface area contributed by atoms with Crippen molar-refractivity contribution in [1.29, 1.82) is 0 Å². The predicted octanol–water partition coefficient (Wildman–Crippen LogP) is 1.75. The van der Waals surface area contributed by atoms with Gasteiger partial charge in [0.2, 0.25) is 0 Å². The van der Waals surface area contributed by atoms with E-state index in [1.807, 2.05) is 0 Å². The normalized spacial score (nSPS) is 10.5. The molecule has 0 aliphatic rings. The van der Waals surface area contributed by atoms with Crippen LogP contribution in [0.5, 0.6) is 0 Å². The van der Waals surface area contributed by atoms with E-state index in [0.29, 0.717) is 16.1 Å². The second-order valence-electron chi connectivity index (χ2n) is 2.43. The molecule has 0 amide bonds. The van der Waals surface area contributed by atoms with Crippen molar-refractivity contribution in [3.8, 4) is 0 Å². The highest BCUT2D eigenvalue weighted by Crippen LogP contribution is 2.24. The summed E-state index contributed by atoms with van der Waals surface area (Å²) in [5, 5.41) is 11.2. The maximum atomic E-state index is 10.5. The first-order chi connectivity index (χ1) is 6.18. The summed E-state index contributed by atoms with van der Waals surface area (Å²) in [4.78, 5) is 17.6. The number of pyridine rings is 1. The maximum absolute atomic E-state index is 10.5. The first kappa shape index (κ1) is 8.00. The van der Waals surface area contributed by atoms with Gasteiger partial charge in [-0.1, -0.05) is 17.8 Å². The fraction of sp³-hybridized carbons (Fsp3) is 0. The first-order valence-corrected chi connectivity index (χ1v) is 3.77. The molecule has 0 saturated carbocycles. The number of aromatic nitrogens is 2. The Morgan fingerprint density at radius 3 is 3.08 bits per heavy atom. The molecule has 0 bridgehead atoms. The Kier molecular flexibility index (Phi) is 1.66. The van der Waals surface area contributed by atoms with E-state index in [1.165, 1.54) is 18.5 Å². The third kappa shape index (κ3) is 1.23. The van der Waals surface area contributed by atoms with Crippen LogP contribution in [0.4, 0.5) is 5.69 Å². The number of halogens is 1. The number of rotatable bonds is 1. The molecule has 13 heavy (non-hydrogen) atoms. The molecule has 5 nitrogen and oxygen atoms in total. The van der Waals surface area contributed by atoms with Crippen LogP contribution in [0, 0.1) is 10.1 Å². The third-order valence-corrected chi connectivity index (χ3v) is 1.82. The van der Waals surface area contributed by atoms with Gasteiger partial charge in [0, 0.05) is 11.2 Å². The molecule has 66 valence electrons. The number of hydrogen-bond acceptors (Lipinski definition) is 3. The van der Waals surface area contributed by atoms with Gasteiger partial charge in [-0.05, 0) is 11.7 Å². The van der Waals surface area contributed by atoms with E-state index in [9.17, 15) is 10.1 Å². The highest BCUT2D eigenvalue weighted by molar-refractivity contribution is 6.31. The molecule has 2 heterocycles. The van der Waals surface area contributed by atoms with E-state index in [2.05, 4.69) is 9.97 Å². The van der Waals surface area contributed by atoms with E-state index in [0.717, 1.165) is 0 Å². The van der Waals surface area contributed by atoms with Gasteiger partial charge in [0.25, 0.3) is 5.69 Å². The van der Waals surface area contributed by atoms with Crippen LogP contribution in [-0.2, 0) is 0 Å². The van der Waals surface area contributed by atoms with Gasteiger partial charge in [0.05, 0.1) is 10.3 Å². The summed E-state index contributed by atoms with van der Waals surface area (Å²) >= 11 is 5.64. The largest absolute Gasteiger partial charge is 0.441 e. The average Bonchev–Trinajstić information content (AvgIpc) is 2.46. The Morgan fingerprint density at radius 2 is 2.38 bits per heavy atom. The van der Waals surface area contributed by atoms with Gasteiger partial charge in [-0.2, -0.15) is 0 Å². The minimum absolute atomic E-state index is 0.0648. The molecule has 0 radical (unpaired) electrons. The Hall–Kier alpha value is -1.62.